The third-order valence-corrected chi connectivity index (χ3v) is 3.84. The maximum Gasteiger partial charge on any atom is 0.0101 e. The van der Waals surface area contributed by atoms with Gasteiger partial charge in [-0.15, -0.1) is 0 Å². The molecule has 0 aromatic carbocycles. The van der Waals surface area contributed by atoms with Crippen LogP contribution in [-0.4, -0.2) is 4.75 Å². The van der Waals surface area contributed by atoms with E-state index in [4.69, 9.17) is 12.6 Å². The van der Waals surface area contributed by atoms with Gasteiger partial charge in [-0.3, -0.25) is 0 Å². The lowest BCUT2D eigenvalue weighted by Crippen LogP contribution is -2.16. The fourth-order valence-electron chi connectivity index (χ4n) is 2.17. The zero-order valence-electron chi connectivity index (χ0n) is 11.7. The Kier molecular flexibility index (Phi) is 10.7. The highest BCUT2D eigenvalue weighted by Crippen LogP contribution is 2.28. The first-order chi connectivity index (χ1) is 7.62. The number of hydrogen-bond acceptors (Lipinski definition) is 1. The van der Waals surface area contributed by atoms with E-state index in [2.05, 4.69) is 20.8 Å². The van der Waals surface area contributed by atoms with E-state index in [-0.39, 0.29) is 0 Å². The smallest absolute Gasteiger partial charge is 0.0101 e. The molecule has 0 fully saturated rings. The summed E-state index contributed by atoms with van der Waals surface area (Å²) in [4.78, 5) is 0. The molecule has 0 heterocycles. The zero-order valence-corrected chi connectivity index (χ0v) is 12.6. The average molecular weight is 244 g/mol. The van der Waals surface area contributed by atoms with Gasteiger partial charge in [-0.2, -0.15) is 12.6 Å². The normalized spacial score (nSPS) is 15.0. The molecule has 0 aromatic heterocycles. The minimum Gasteiger partial charge on any atom is -0.173 e. The molecule has 0 amide bonds. The van der Waals surface area contributed by atoms with Crippen LogP contribution >= 0.6 is 12.6 Å². The Labute approximate surface area is 109 Å². The highest BCUT2D eigenvalue weighted by molar-refractivity contribution is 7.81. The third kappa shape index (κ3) is 10.9. The van der Waals surface area contributed by atoms with Crippen molar-refractivity contribution < 1.29 is 0 Å². The van der Waals surface area contributed by atoms with Crippen LogP contribution in [0, 0.1) is 0 Å². The summed E-state index contributed by atoms with van der Waals surface area (Å²) in [6, 6.07) is 0. The van der Waals surface area contributed by atoms with E-state index >= 15 is 0 Å². The maximum atomic E-state index is 4.81. The Morgan fingerprint density at radius 2 is 1.06 bits per heavy atom. The van der Waals surface area contributed by atoms with Crippen LogP contribution in [0.25, 0.3) is 0 Å². The molecule has 1 atom stereocenters. The highest BCUT2D eigenvalue weighted by atomic mass is 32.1. The lowest BCUT2D eigenvalue weighted by atomic mass is 9.95. The standard InChI is InChI=1S/C15H32S/c1-4-6-8-10-12-14-15(3,16)13-11-9-7-5-2/h16H,4-14H2,1-3H3. The number of rotatable bonds is 11. The summed E-state index contributed by atoms with van der Waals surface area (Å²) in [6.07, 6.45) is 15.0. The molecule has 16 heavy (non-hydrogen) atoms. The summed E-state index contributed by atoms with van der Waals surface area (Å²) in [6.45, 7) is 6.87. The number of thiol groups is 1. The summed E-state index contributed by atoms with van der Waals surface area (Å²) in [5, 5.41) is 0. The van der Waals surface area contributed by atoms with E-state index < -0.39 is 0 Å². The Bertz CT molecular complexity index is 140. The summed E-state index contributed by atoms with van der Waals surface area (Å²) in [5.74, 6) is 0. The van der Waals surface area contributed by atoms with E-state index in [1.165, 1.54) is 70.6 Å². The third-order valence-electron chi connectivity index (χ3n) is 3.39. The zero-order chi connectivity index (χ0) is 12.3. The molecule has 0 saturated heterocycles. The summed E-state index contributed by atoms with van der Waals surface area (Å²) in [5.41, 5.74) is 0. The van der Waals surface area contributed by atoms with Crippen LogP contribution < -0.4 is 0 Å². The molecule has 0 rings (SSSR count). The molecule has 0 aliphatic rings. The molecule has 0 radical (unpaired) electrons. The minimum absolute atomic E-state index is 0.292. The number of hydrogen-bond donors (Lipinski definition) is 1. The highest BCUT2D eigenvalue weighted by Gasteiger charge is 2.17. The molecule has 98 valence electrons. The van der Waals surface area contributed by atoms with Crippen molar-refractivity contribution in [2.45, 2.75) is 96.1 Å². The minimum atomic E-state index is 0.292. The second-order valence-corrected chi connectivity index (χ2v) is 6.55. The molecule has 0 N–H and O–H groups in total. The molecule has 1 unspecified atom stereocenters. The van der Waals surface area contributed by atoms with Crippen molar-refractivity contribution in [3.05, 3.63) is 0 Å². The molecule has 0 saturated carbocycles. The van der Waals surface area contributed by atoms with Crippen LogP contribution in [0.3, 0.4) is 0 Å². The monoisotopic (exact) mass is 244 g/mol. The van der Waals surface area contributed by atoms with Gasteiger partial charge in [0.1, 0.15) is 0 Å². The predicted molar refractivity (Wildman–Crippen MR) is 79.5 cm³/mol. The Balaban J connectivity index is 3.38. The van der Waals surface area contributed by atoms with Crippen LogP contribution in [0.1, 0.15) is 91.4 Å². The largest absolute Gasteiger partial charge is 0.173 e. The Morgan fingerprint density at radius 3 is 1.50 bits per heavy atom. The van der Waals surface area contributed by atoms with Crippen molar-refractivity contribution in [3.8, 4) is 0 Å². The van der Waals surface area contributed by atoms with Gasteiger partial charge in [0.2, 0.25) is 0 Å². The van der Waals surface area contributed by atoms with Crippen LogP contribution in [-0.2, 0) is 0 Å². The van der Waals surface area contributed by atoms with Gasteiger partial charge in [0.15, 0.2) is 0 Å². The van der Waals surface area contributed by atoms with Gasteiger partial charge in [-0.05, 0) is 12.8 Å². The topological polar surface area (TPSA) is 0 Å². The molecular weight excluding hydrogens is 212 g/mol. The van der Waals surface area contributed by atoms with Crippen LogP contribution in [0.2, 0.25) is 0 Å². The number of unbranched alkanes of at least 4 members (excludes halogenated alkanes) is 7. The van der Waals surface area contributed by atoms with Crippen molar-refractivity contribution >= 4 is 12.6 Å². The van der Waals surface area contributed by atoms with Crippen molar-refractivity contribution in [1.29, 1.82) is 0 Å². The molecule has 0 aliphatic heterocycles. The average Bonchev–Trinajstić information content (AvgIpc) is 2.24. The summed E-state index contributed by atoms with van der Waals surface area (Å²) in [7, 11) is 0. The molecule has 0 nitrogen and oxygen atoms in total. The lowest BCUT2D eigenvalue weighted by Gasteiger charge is -2.23. The van der Waals surface area contributed by atoms with Crippen LogP contribution in [0.15, 0.2) is 0 Å². The molecule has 0 spiro atoms. The van der Waals surface area contributed by atoms with Gasteiger partial charge in [0.25, 0.3) is 0 Å². The van der Waals surface area contributed by atoms with E-state index in [1.54, 1.807) is 0 Å². The quantitative estimate of drug-likeness (QED) is 0.334. The second-order valence-electron chi connectivity index (χ2n) is 5.47. The van der Waals surface area contributed by atoms with Gasteiger partial charge in [0, 0.05) is 4.75 Å². The van der Waals surface area contributed by atoms with Crippen LogP contribution in [0.5, 0.6) is 0 Å². The van der Waals surface area contributed by atoms with Gasteiger partial charge in [-0.25, -0.2) is 0 Å². The predicted octanol–water partition coefficient (Wildman–Crippen LogP) is 6.01. The van der Waals surface area contributed by atoms with E-state index in [1.807, 2.05) is 0 Å². The Morgan fingerprint density at radius 1 is 0.688 bits per heavy atom. The molecular formula is C15H32S. The molecule has 0 bridgehead atoms. The van der Waals surface area contributed by atoms with Crippen molar-refractivity contribution in [2.75, 3.05) is 0 Å². The first-order valence-electron chi connectivity index (χ1n) is 7.34. The van der Waals surface area contributed by atoms with Crippen LogP contribution in [0.4, 0.5) is 0 Å². The first kappa shape index (κ1) is 16.4. The van der Waals surface area contributed by atoms with Gasteiger partial charge in [-0.1, -0.05) is 78.6 Å². The fraction of sp³-hybridized carbons (Fsp3) is 1.00. The van der Waals surface area contributed by atoms with Crippen molar-refractivity contribution in [3.63, 3.8) is 0 Å². The summed E-state index contributed by atoms with van der Waals surface area (Å²) >= 11 is 4.81. The van der Waals surface area contributed by atoms with Gasteiger partial charge < -0.3 is 0 Å². The lowest BCUT2D eigenvalue weighted by molar-refractivity contribution is 0.474. The van der Waals surface area contributed by atoms with Crippen molar-refractivity contribution in [1.82, 2.24) is 0 Å². The van der Waals surface area contributed by atoms with Gasteiger partial charge >= 0.3 is 0 Å². The van der Waals surface area contributed by atoms with E-state index in [0.29, 0.717) is 4.75 Å². The summed E-state index contributed by atoms with van der Waals surface area (Å²) < 4.78 is 0.292. The van der Waals surface area contributed by atoms with Gasteiger partial charge in [0.05, 0.1) is 0 Å². The SMILES string of the molecule is CCCCCCCC(C)(S)CCCCCC. The van der Waals surface area contributed by atoms with Crippen molar-refractivity contribution in [2.24, 2.45) is 0 Å². The fourth-order valence-corrected chi connectivity index (χ4v) is 2.48. The molecule has 0 aliphatic carbocycles. The maximum absolute atomic E-state index is 4.81. The first-order valence-corrected chi connectivity index (χ1v) is 7.79. The molecule has 0 aromatic rings. The van der Waals surface area contributed by atoms with E-state index in [9.17, 15) is 0 Å². The second kappa shape index (κ2) is 10.5. The molecule has 1 heteroatoms. The Hall–Kier alpha value is 0.350. The van der Waals surface area contributed by atoms with E-state index in [0.717, 1.165) is 0 Å².